The Bertz CT molecular complexity index is 130. The topological polar surface area (TPSA) is 26.3 Å². The predicted molar refractivity (Wildman–Crippen MR) is 31.5 cm³/mol. The van der Waals surface area contributed by atoms with Crippen molar-refractivity contribution in [3.05, 3.63) is 0 Å². The minimum absolute atomic E-state index is 0.0235. The van der Waals surface area contributed by atoms with Gasteiger partial charge in [-0.3, -0.25) is 4.79 Å². The van der Waals surface area contributed by atoms with Gasteiger partial charge in [0.25, 0.3) is 0 Å². The first kappa shape index (κ1) is 3.49. The molecule has 8 heavy (non-hydrogen) atoms. The van der Waals surface area contributed by atoms with E-state index in [0.717, 1.165) is 0 Å². The van der Waals surface area contributed by atoms with Crippen LogP contribution in [0.5, 0.6) is 0 Å². The molecular weight excluding hydrogens is 104 g/mol. The summed E-state index contributed by atoms with van der Waals surface area (Å²) in [4.78, 5) is 10.6. The Hall–Kier alpha value is -0.530. The van der Waals surface area contributed by atoms with E-state index < -0.39 is 12.8 Å². The standard InChI is InChI=1S/C6H12O2/c1-3-5-6(7)8-4-2/h3-5H2,1-2H3/i1D3. The second-order valence-electron chi connectivity index (χ2n) is 1.31. The van der Waals surface area contributed by atoms with Gasteiger partial charge in [-0.15, -0.1) is 0 Å². The first-order valence-electron chi connectivity index (χ1n) is 4.11. The first-order chi connectivity index (χ1) is 4.95. The third-order valence-electron chi connectivity index (χ3n) is 0.634. The van der Waals surface area contributed by atoms with Crippen LogP contribution in [-0.4, -0.2) is 12.6 Å². The van der Waals surface area contributed by atoms with Crippen LogP contribution < -0.4 is 0 Å². The zero-order chi connectivity index (χ0) is 8.91. The van der Waals surface area contributed by atoms with E-state index in [1.54, 1.807) is 6.92 Å². The summed E-state index contributed by atoms with van der Waals surface area (Å²) in [6.07, 6.45) is -0.129. The zero-order valence-corrected chi connectivity index (χ0v) is 4.94. The lowest BCUT2D eigenvalue weighted by Crippen LogP contribution is -2.01. The first-order valence-corrected chi connectivity index (χ1v) is 2.61. The molecule has 0 heterocycles. The van der Waals surface area contributed by atoms with E-state index in [0.29, 0.717) is 6.61 Å². The number of ether oxygens (including phenoxy) is 1. The minimum Gasteiger partial charge on any atom is -0.466 e. The lowest BCUT2D eigenvalue weighted by molar-refractivity contribution is -0.143. The molecule has 0 aliphatic heterocycles. The van der Waals surface area contributed by atoms with E-state index in [1.165, 1.54) is 0 Å². The van der Waals surface area contributed by atoms with E-state index in [9.17, 15) is 4.79 Å². The Labute approximate surface area is 54.1 Å². The van der Waals surface area contributed by atoms with Crippen LogP contribution in [0, 0.1) is 0 Å². The van der Waals surface area contributed by atoms with Gasteiger partial charge in [0.2, 0.25) is 0 Å². The van der Waals surface area contributed by atoms with E-state index in [-0.39, 0.29) is 12.8 Å². The summed E-state index contributed by atoms with van der Waals surface area (Å²) < 4.78 is 24.9. The molecule has 0 aromatic rings. The van der Waals surface area contributed by atoms with Crippen LogP contribution in [0.4, 0.5) is 0 Å². The summed E-state index contributed by atoms with van der Waals surface area (Å²) in [6, 6.07) is 0. The number of carbonyl (C=O) groups excluding carboxylic acids is 1. The molecule has 0 saturated carbocycles. The van der Waals surface area contributed by atoms with E-state index in [4.69, 9.17) is 4.11 Å². The largest absolute Gasteiger partial charge is 0.466 e. The molecule has 0 fully saturated rings. The molecule has 2 nitrogen and oxygen atoms in total. The van der Waals surface area contributed by atoms with Crippen molar-refractivity contribution < 1.29 is 13.6 Å². The van der Waals surface area contributed by atoms with Gasteiger partial charge >= 0.3 is 5.97 Å². The molecule has 0 aromatic carbocycles. The van der Waals surface area contributed by atoms with Crippen molar-refractivity contribution in [3.8, 4) is 0 Å². The summed E-state index contributed by atoms with van der Waals surface area (Å²) in [5.74, 6) is -0.441. The Morgan fingerprint density at radius 1 is 1.88 bits per heavy atom. The Balaban J connectivity index is 3.46. The average Bonchev–Trinajstić information content (AvgIpc) is 1.83. The summed E-state index contributed by atoms with van der Waals surface area (Å²) in [5.41, 5.74) is 0. The molecule has 0 amide bonds. The van der Waals surface area contributed by atoms with Gasteiger partial charge in [-0.1, -0.05) is 6.85 Å². The third-order valence-corrected chi connectivity index (χ3v) is 0.634. The lowest BCUT2D eigenvalue weighted by Gasteiger charge is -1.96. The van der Waals surface area contributed by atoms with Gasteiger partial charge in [-0.05, 0) is 13.3 Å². The summed E-state index contributed by atoms with van der Waals surface area (Å²) in [6.45, 7) is -0.0279. The molecule has 0 N–H and O–H groups in total. The second-order valence-corrected chi connectivity index (χ2v) is 1.31. The fraction of sp³-hybridized carbons (Fsp3) is 0.833. The minimum atomic E-state index is -2.02. The molecule has 0 saturated heterocycles. The smallest absolute Gasteiger partial charge is 0.305 e. The molecule has 0 aromatic heterocycles. The highest BCUT2D eigenvalue weighted by atomic mass is 16.5. The van der Waals surface area contributed by atoms with E-state index in [2.05, 4.69) is 4.74 Å². The molecule has 0 unspecified atom stereocenters. The van der Waals surface area contributed by atoms with Gasteiger partial charge < -0.3 is 4.74 Å². The van der Waals surface area contributed by atoms with Gasteiger partial charge in [-0.25, -0.2) is 0 Å². The molecule has 48 valence electrons. The number of esters is 1. The third kappa shape index (κ3) is 3.65. The van der Waals surface area contributed by atoms with Crippen molar-refractivity contribution in [2.24, 2.45) is 0 Å². The van der Waals surface area contributed by atoms with Crippen LogP contribution in [-0.2, 0) is 9.53 Å². The summed E-state index contributed by atoms with van der Waals surface area (Å²) >= 11 is 0. The van der Waals surface area contributed by atoms with E-state index >= 15 is 0 Å². The van der Waals surface area contributed by atoms with Crippen molar-refractivity contribution in [3.63, 3.8) is 0 Å². The van der Waals surface area contributed by atoms with Gasteiger partial charge in [-0.2, -0.15) is 0 Å². The summed E-state index contributed by atoms with van der Waals surface area (Å²) in [5, 5.41) is 0. The Kier molecular flexibility index (Phi) is 2.02. The molecule has 2 heteroatoms. The second kappa shape index (κ2) is 4.62. The van der Waals surface area contributed by atoms with Crippen molar-refractivity contribution in [1.29, 1.82) is 0 Å². The number of hydrogen-bond donors (Lipinski definition) is 0. The van der Waals surface area contributed by atoms with Gasteiger partial charge in [0.1, 0.15) is 0 Å². The number of hydrogen-bond acceptors (Lipinski definition) is 2. The molecular formula is C6H12O2. The molecule has 0 radical (unpaired) electrons. The predicted octanol–water partition coefficient (Wildman–Crippen LogP) is 1.35. The van der Waals surface area contributed by atoms with E-state index in [1.807, 2.05) is 0 Å². The zero-order valence-electron chi connectivity index (χ0n) is 7.94. The highest BCUT2D eigenvalue weighted by Gasteiger charge is 1.95. The molecule has 0 aliphatic rings. The number of rotatable bonds is 3. The SMILES string of the molecule is [2H]C([2H])([2H])CCC(=O)OCC. The van der Waals surface area contributed by atoms with Crippen molar-refractivity contribution >= 4 is 5.97 Å². The van der Waals surface area contributed by atoms with Crippen LogP contribution in [0.3, 0.4) is 0 Å². The van der Waals surface area contributed by atoms with Crippen LogP contribution >= 0.6 is 0 Å². The maximum Gasteiger partial charge on any atom is 0.305 e. The normalized spacial score (nSPS) is 15.9. The quantitative estimate of drug-likeness (QED) is 0.524. The molecule has 0 spiro atoms. The number of carbonyl (C=O) groups is 1. The fourth-order valence-corrected chi connectivity index (χ4v) is 0.335. The molecule has 0 rings (SSSR count). The van der Waals surface area contributed by atoms with Crippen LogP contribution in [0.15, 0.2) is 0 Å². The molecule has 0 aliphatic carbocycles. The highest BCUT2D eigenvalue weighted by Crippen LogP contribution is 1.89. The van der Waals surface area contributed by atoms with Crippen molar-refractivity contribution in [2.75, 3.05) is 6.61 Å². The Morgan fingerprint density at radius 2 is 2.62 bits per heavy atom. The maximum absolute atomic E-state index is 10.6. The lowest BCUT2D eigenvalue weighted by atomic mass is 10.3. The summed E-state index contributed by atoms with van der Waals surface area (Å²) in [7, 11) is 0. The van der Waals surface area contributed by atoms with Crippen molar-refractivity contribution in [1.82, 2.24) is 0 Å². The monoisotopic (exact) mass is 119 g/mol. The molecule has 0 atom stereocenters. The molecule has 0 bridgehead atoms. The van der Waals surface area contributed by atoms with Gasteiger partial charge in [0, 0.05) is 10.5 Å². The Morgan fingerprint density at radius 3 is 3.12 bits per heavy atom. The van der Waals surface area contributed by atoms with Gasteiger partial charge in [0.15, 0.2) is 0 Å². The fourth-order valence-electron chi connectivity index (χ4n) is 0.335. The average molecular weight is 119 g/mol. The van der Waals surface area contributed by atoms with Crippen LogP contribution in [0.2, 0.25) is 0 Å². The van der Waals surface area contributed by atoms with Crippen LogP contribution in [0.1, 0.15) is 30.7 Å². The van der Waals surface area contributed by atoms with Crippen LogP contribution in [0.25, 0.3) is 0 Å². The van der Waals surface area contributed by atoms with Gasteiger partial charge in [0.05, 0.1) is 6.61 Å². The highest BCUT2D eigenvalue weighted by molar-refractivity contribution is 5.69. The van der Waals surface area contributed by atoms with Crippen molar-refractivity contribution in [2.45, 2.75) is 26.6 Å². The maximum atomic E-state index is 10.6.